The van der Waals surface area contributed by atoms with Gasteiger partial charge in [0.15, 0.2) is 0 Å². The molecule has 0 saturated carbocycles. The number of rotatable bonds is 3. The van der Waals surface area contributed by atoms with Crippen LogP contribution in [0.4, 0.5) is 0 Å². The van der Waals surface area contributed by atoms with Crippen LogP contribution in [0.15, 0.2) is 48.5 Å². The Balaban J connectivity index is 2.16. The van der Waals surface area contributed by atoms with Gasteiger partial charge in [0, 0.05) is 0 Å². The first-order valence-corrected chi connectivity index (χ1v) is 7.22. The Labute approximate surface area is 105 Å². The zero-order chi connectivity index (χ0) is 11.4. The van der Waals surface area contributed by atoms with Crippen LogP contribution in [0, 0.1) is 0 Å². The number of hydrogen-bond donors (Lipinski definition) is 1. The predicted octanol–water partition coefficient (Wildman–Crippen LogP) is 1.06. The summed E-state index contributed by atoms with van der Waals surface area (Å²) >= 11 is -0.388. The van der Waals surface area contributed by atoms with E-state index in [-0.39, 0.29) is 20.9 Å². The van der Waals surface area contributed by atoms with Gasteiger partial charge >= 0.3 is 105 Å². The second-order valence-corrected chi connectivity index (χ2v) is 6.55. The molecule has 2 nitrogen and oxygen atoms in total. The van der Waals surface area contributed by atoms with Crippen LogP contribution in [-0.2, 0) is 0 Å². The summed E-state index contributed by atoms with van der Waals surface area (Å²) < 4.78 is 7.82. The van der Waals surface area contributed by atoms with Gasteiger partial charge in [0.2, 0.25) is 0 Å². The Morgan fingerprint density at radius 3 is 2.44 bits per heavy atom. The van der Waals surface area contributed by atoms with E-state index in [0.717, 1.165) is 5.75 Å². The minimum absolute atomic E-state index is 0.321. The number of hydrogen-bond acceptors (Lipinski definition) is 2. The fraction of sp³-hybridized carbons (Fsp3) is 0.0769. The van der Waals surface area contributed by atoms with Crippen LogP contribution in [0.5, 0.6) is 11.5 Å². The van der Waals surface area contributed by atoms with Gasteiger partial charge < -0.3 is 0 Å². The van der Waals surface area contributed by atoms with Gasteiger partial charge in [0.1, 0.15) is 0 Å². The molecule has 2 rings (SSSR count). The Morgan fingerprint density at radius 1 is 1.00 bits per heavy atom. The monoisotopic (exact) mass is 330 g/mol. The quantitative estimate of drug-likeness (QED) is 0.854. The van der Waals surface area contributed by atoms with Crippen molar-refractivity contribution in [3.63, 3.8) is 0 Å². The van der Waals surface area contributed by atoms with Gasteiger partial charge in [0.25, 0.3) is 0 Å². The molecule has 0 heterocycles. The first-order valence-electron chi connectivity index (χ1n) is 4.89. The van der Waals surface area contributed by atoms with E-state index in [2.05, 4.69) is 12.1 Å². The molecule has 0 aliphatic rings. The summed E-state index contributed by atoms with van der Waals surface area (Å²) in [5, 5.41) is 9.20. The average Bonchev–Trinajstić information content (AvgIpc) is 2.32. The number of methoxy groups -OCH3 is 1. The van der Waals surface area contributed by atoms with Crippen molar-refractivity contribution in [2.75, 3.05) is 7.11 Å². The average molecular weight is 328 g/mol. The van der Waals surface area contributed by atoms with Gasteiger partial charge in [-0.15, -0.1) is 0 Å². The number of phenols is 1. The van der Waals surface area contributed by atoms with E-state index in [4.69, 9.17) is 4.74 Å². The standard InChI is InChI=1S/C13H12O2Te/c1-15-11-3-2-4-13(9-11)16-12-7-5-10(14)6-8-12/h2-9,14H,1H3. The van der Waals surface area contributed by atoms with E-state index in [1.807, 2.05) is 24.3 Å². The van der Waals surface area contributed by atoms with Crippen LogP contribution in [-0.4, -0.2) is 33.1 Å². The van der Waals surface area contributed by atoms with E-state index in [0.29, 0.717) is 5.75 Å². The van der Waals surface area contributed by atoms with Gasteiger partial charge in [-0.05, 0) is 0 Å². The minimum atomic E-state index is -0.388. The van der Waals surface area contributed by atoms with Gasteiger partial charge in [-0.2, -0.15) is 0 Å². The third-order valence-electron chi connectivity index (χ3n) is 2.11. The fourth-order valence-electron chi connectivity index (χ4n) is 1.31. The van der Waals surface area contributed by atoms with Crippen LogP contribution >= 0.6 is 0 Å². The zero-order valence-electron chi connectivity index (χ0n) is 8.88. The van der Waals surface area contributed by atoms with E-state index in [1.54, 1.807) is 19.2 Å². The van der Waals surface area contributed by atoms with E-state index in [9.17, 15) is 5.11 Å². The molecule has 2 aromatic rings. The molecule has 1 N–H and O–H groups in total. The molecule has 0 aliphatic heterocycles. The first kappa shape index (κ1) is 11.3. The maximum absolute atomic E-state index is 9.20. The fourth-order valence-corrected chi connectivity index (χ4v) is 3.79. The van der Waals surface area contributed by atoms with Crippen molar-refractivity contribution in [3.8, 4) is 11.5 Å². The number of aromatic hydroxyl groups is 1. The molecule has 0 amide bonds. The molecule has 0 aliphatic carbocycles. The molecule has 0 unspecified atom stereocenters. The molecule has 2 aromatic carbocycles. The molecule has 0 fully saturated rings. The molecular weight excluding hydrogens is 316 g/mol. The Morgan fingerprint density at radius 2 is 1.75 bits per heavy atom. The van der Waals surface area contributed by atoms with Crippen molar-refractivity contribution in [3.05, 3.63) is 48.5 Å². The van der Waals surface area contributed by atoms with Crippen LogP contribution < -0.4 is 12.0 Å². The van der Waals surface area contributed by atoms with Gasteiger partial charge in [-0.3, -0.25) is 0 Å². The number of benzene rings is 2. The summed E-state index contributed by atoms with van der Waals surface area (Å²) in [6.45, 7) is 0. The molecule has 0 atom stereocenters. The molecule has 3 heteroatoms. The normalized spacial score (nSPS) is 10.1. The molecule has 0 saturated heterocycles. The summed E-state index contributed by atoms with van der Waals surface area (Å²) in [7, 11) is 1.68. The third-order valence-corrected chi connectivity index (χ3v) is 4.96. The zero-order valence-corrected chi connectivity index (χ0v) is 11.2. The van der Waals surface area contributed by atoms with Gasteiger partial charge in [0.05, 0.1) is 0 Å². The second-order valence-electron chi connectivity index (χ2n) is 3.27. The summed E-state index contributed by atoms with van der Waals surface area (Å²) in [6.07, 6.45) is 0. The molecule has 82 valence electrons. The number of ether oxygens (including phenoxy) is 1. The first-order chi connectivity index (χ1) is 7.78. The SMILES string of the molecule is COc1cccc([Te]c2ccc(O)cc2)c1. The van der Waals surface area contributed by atoms with E-state index >= 15 is 0 Å². The van der Waals surface area contributed by atoms with Crippen molar-refractivity contribution in [1.82, 2.24) is 0 Å². The second kappa shape index (κ2) is 5.25. The molecule has 0 spiro atoms. The van der Waals surface area contributed by atoms with Crippen LogP contribution in [0.3, 0.4) is 0 Å². The Hall–Kier alpha value is -1.17. The van der Waals surface area contributed by atoms with Crippen molar-refractivity contribution < 1.29 is 9.84 Å². The predicted molar refractivity (Wildman–Crippen MR) is 66.1 cm³/mol. The Kier molecular flexibility index (Phi) is 3.71. The maximum atomic E-state index is 9.20. The molecule has 0 aromatic heterocycles. The summed E-state index contributed by atoms with van der Waals surface area (Å²) in [5.74, 6) is 1.23. The van der Waals surface area contributed by atoms with Gasteiger partial charge in [-0.25, -0.2) is 0 Å². The van der Waals surface area contributed by atoms with Crippen molar-refractivity contribution in [2.45, 2.75) is 0 Å². The molecular formula is C13H12O2Te. The topological polar surface area (TPSA) is 29.5 Å². The number of phenolic OH excluding ortho intramolecular Hbond substituents is 1. The van der Waals surface area contributed by atoms with Crippen molar-refractivity contribution >= 4 is 28.1 Å². The van der Waals surface area contributed by atoms with Gasteiger partial charge in [-0.1, -0.05) is 0 Å². The summed E-state index contributed by atoms with van der Waals surface area (Å²) in [6, 6.07) is 15.6. The Bertz CT molecular complexity index is 466. The summed E-state index contributed by atoms with van der Waals surface area (Å²) in [5.41, 5.74) is 0. The van der Waals surface area contributed by atoms with Crippen LogP contribution in [0.2, 0.25) is 0 Å². The summed E-state index contributed by atoms with van der Waals surface area (Å²) in [4.78, 5) is 0. The van der Waals surface area contributed by atoms with Crippen molar-refractivity contribution in [1.29, 1.82) is 0 Å². The molecule has 0 radical (unpaired) electrons. The van der Waals surface area contributed by atoms with Crippen LogP contribution in [0.1, 0.15) is 0 Å². The molecule has 0 bridgehead atoms. The van der Waals surface area contributed by atoms with E-state index < -0.39 is 0 Å². The van der Waals surface area contributed by atoms with E-state index in [1.165, 1.54) is 7.22 Å². The molecule has 16 heavy (non-hydrogen) atoms. The van der Waals surface area contributed by atoms with Crippen LogP contribution in [0.25, 0.3) is 0 Å². The van der Waals surface area contributed by atoms with Crippen molar-refractivity contribution in [2.24, 2.45) is 0 Å². The third kappa shape index (κ3) is 2.91.